The molecule has 0 unspecified atom stereocenters. The Labute approximate surface area is 361 Å². The van der Waals surface area contributed by atoms with E-state index in [4.69, 9.17) is 4.42 Å². The number of benzene rings is 9. The summed E-state index contributed by atoms with van der Waals surface area (Å²) in [4.78, 5) is 2.35. The molecule has 0 atom stereocenters. The second kappa shape index (κ2) is 15.1. The van der Waals surface area contributed by atoms with E-state index in [9.17, 15) is 0 Å². The van der Waals surface area contributed by atoms with E-state index < -0.39 is 0 Å². The zero-order valence-corrected chi connectivity index (χ0v) is 34.4. The fraction of sp³-hybridized carbons (Fsp3) is 0.0847. The summed E-state index contributed by atoms with van der Waals surface area (Å²) in [6.45, 7) is 0. The van der Waals surface area contributed by atoms with Gasteiger partial charge in [-0.2, -0.15) is 0 Å². The molecule has 0 bridgehead atoms. The third-order valence-electron chi connectivity index (χ3n) is 13.2. The van der Waals surface area contributed by atoms with Crippen molar-refractivity contribution in [2.75, 3.05) is 4.90 Å². The summed E-state index contributed by atoms with van der Waals surface area (Å²) in [5, 5.41) is 4.84. The molecule has 1 saturated carbocycles. The Morgan fingerprint density at radius 1 is 0.371 bits per heavy atom. The zero-order chi connectivity index (χ0) is 41.0. The van der Waals surface area contributed by atoms with Gasteiger partial charge in [-0.15, -0.1) is 0 Å². The van der Waals surface area contributed by atoms with Gasteiger partial charge in [0.25, 0.3) is 0 Å². The molecule has 0 spiro atoms. The smallest absolute Gasteiger partial charge is 0.159 e. The molecular weight excluding hydrogens is 753 g/mol. The number of fused-ring (bicyclic) bond motifs is 6. The summed E-state index contributed by atoms with van der Waals surface area (Å²) in [6, 6.07) is 77.0. The van der Waals surface area contributed by atoms with Crippen molar-refractivity contribution >= 4 is 60.8 Å². The lowest BCUT2D eigenvalue weighted by Gasteiger charge is -2.26. The van der Waals surface area contributed by atoms with Gasteiger partial charge in [-0.25, -0.2) is 0 Å². The van der Waals surface area contributed by atoms with Gasteiger partial charge in [0.05, 0.1) is 16.7 Å². The predicted octanol–water partition coefficient (Wildman–Crippen LogP) is 16.8. The van der Waals surface area contributed by atoms with Crippen molar-refractivity contribution in [1.82, 2.24) is 4.57 Å². The number of nitrogens with zero attached hydrogens (tertiary/aromatic N) is 2. The molecular formula is C59H44N2O. The van der Waals surface area contributed by atoms with Crippen LogP contribution in [0.3, 0.4) is 0 Å². The molecule has 11 aromatic rings. The number of furan rings is 1. The Hall–Kier alpha value is -7.62. The second-order valence-corrected chi connectivity index (χ2v) is 16.8. The first-order valence-corrected chi connectivity index (χ1v) is 21.9. The molecule has 12 rings (SSSR count). The molecule has 296 valence electrons. The number of rotatable bonds is 8. The summed E-state index contributed by atoms with van der Waals surface area (Å²) in [6.07, 6.45) is 5.08. The molecule has 62 heavy (non-hydrogen) atoms. The molecule has 1 fully saturated rings. The van der Waals surface area contributed by atoms with Gasteiger partial charge in [0.1, 0.15) is 5.58 Å². The first kappa shape index (κ1) is 36.2. The van der Waals surface area contributed by atoms with Gasteiger partial charge in [-0.3, -0.25) is 0 Å². The lowest BCUT2D eigenvalue weighted by atomic mass is 9.95. The van der Waals surface area contributed by atoms with Crippen LogP contribution in [-0.4, -0.2) is 4.57 Å². The highest BCUT2D eigenvalue weighted by Crippen LogP contribution is 2.44. The zero-order valence-electron chi connectivity index (χ0n) is 34.4. The molecule has 0 amide bonds. The molecule has 0 aliphatic heterocycles. The number of aromatic nitrogens is 1. The van der Waals surface area contributed by atoms with E-state index >= 15 is 0 Å². The molecule has 2 heterocycles. The van der Waals surface area contributed by atoms with Crippen LogP contribution in [0.2, 0.25) is 0 Å². The minimum Gasteiger partial charge on any atom is -0.454 e. The lowest BCUT2D eigenvalue weighted by molar-refractivity contribution is 0.641. The van der Waals surface area contributed by atoms with E-state index in [1.165, 1.54) is 97.2 Å². The van der Waals surface area contributed by atoms with Crippen LogP contribution in [0.5, 0.6) is 0 Å². The van der Waals surface area contributed by atoms with Crippen LogP contribution in [-0.2, 0) is 0 Å². The van der Waals surface area contributed by atoms with Crippen molar-refractivity contribution < 1.29 is 4.42 Å². The third kappa shape index (κ3) is 6.20. The fourth-order valence-electron chi connectivity index (χ4n) is 10.1. The number of anilines is 3. The topological polar surface area (TPSA) is 21.3 Å². The quantitative estimate of drug-likeness (QED) is 0.153. The highest BCUT2D eigenvalue weighted by Gasteiger charge is 2.24. The largest absolute Gasteiger partial charge is 0.454 e. The summed E-state index contributed by atoms with van der Waals surface area (Å²) >= 11 is 0. The highest BCUT2D eigenvalue weighted by molar-refractivity contribution is 6.13. The number of hydrogen-bond donors (Lipinski definition) is 0. The Kier molecular flexibility index (Phi) is 8.85. The van der Waals surface area contributed by atoms with Crippen molar-refractivity contribution in [2.45, 2.75) is 31.6 Å². The van der Waals surface area contributed by atoms with Crippen LogP contribution in [0.4, 0.5) is 17.1 Å². The summed E-state index contributed by atoms with van der Waals surface area (Å²) in [7, 11) is 0. The maximum Gasteiger partial charge on any atom is 0.159 e. The fourth-order valence-corrected chi connectivity index (χ4v) is 10.1. The van der Waals surface area contributed by atoms with Crippen molar-refractivity contribution in [1.29, 1.82) is 0 Å². The molecule has 0 N–H and O–H groups in total. The standard InChI is InChI=1S/C59H44N2O/c1-3-13-40(14-4-1)42-25-32-47(33-26-42)60(48-34-27-43(28-35-48)41-15-5-2-6-16-41)49-36-29-44(30-37-49)46-31-38-56-54(39-46)51-19-9-10-23-55(51)61(56)57-24-12-22-53-52-21-11-20-50(45-17-7-8-18-45)58(52)62-59(53)57/h1-6,9-16,19-39,45H,7-8,17-18H2. The normalized spacial score (nSPS) is 13.2. The van der Waals surface area contributed by atoms with Gasteiger partial charge in [-0.1, -0.05) is 165 Å². The Bertz CT molecular complexity index is 3290. The number of para-hydroxylation sites is 3. The van der Waals surface area contributed by atoms with Gasteiger partial charge >= 0.3 is 0 Å². The van der Waals surface area contributed by atoms with Crippen LogP contribution >= 0.6 is 0 Å². The van der Waals surface area contributed by atoms with Crippen LogP contribution in [0.15, 0.2) is 217 Å². The first-order valence-electron chi connectivity index (χ1n) is 21.9. The molecule has 0 radical (unpaired) electrons. The van der Waals surface area contributed by atoms with Gasteiger partial charge < -0.3 is 13.9 Å². The van der Waals surface area contributed by atoms with Gasteiger partial charge in [0.2, 0.25) is 0 Å². The average Bonchev–Trinajstić information content (AvgIpc) is 4.10. The van der Waals surface area contributed by atoms with Gasteiger partial charge in [0.15, 0.2) is 5.58 Å². The summed E-state index contributed by atoms with van der Waals surface area (Å²) < 4.78 is 9.37. The molecule has 3 heteroatoms. The summed E-state index contributed by atoms with van der Waals surface area (Å²) in [5.74, 6) is 0.574. The second-order valence-electron chi connectivity index (χ2n) is 16.8. The SMILES string of the molecule is c1ccc(-c2ccc(N(c3ccc(-c4ccccc4)cc3)c3ccc(-c4ccc5c(c4)c4ccccc4n5-c4cccc5c4oc4c(C6CCCC6)cccc45)cc3)cc2)cc1. The molecule has 0 saturated heterocycles. The van der Waals surface area contributed by atoms with Crippen LogP contribution < -0.4 is 4.90 Å². The van der Waals surface area contributed by atoms with Crippen LogP contribution in [0, 0.1) is 0 Å². The van der Waals surface area contributed by atoms with E-state index in [1.807, 2.05) is 0 Å². The monoisotopic (exact) mass is 796 g/mol. The van der Waals surface area contributed by atoms with Crippen LogP contribution in [0.1, 0.15) is 37.2 Å². The van der Waals surface area contributed by atoms with Crippen molar-refractivity contribution in [2.24, 2.45) is 0 Å². The van der Waals surface area contributed by atoms with Gasteiger partial charge in [-0.05, 0) is 118 Å². The van der Waals surface area contributed by atoms with Gasteiger partial charge in [0, 0.05) is 38.6 Å². The average molecular weight is 797 g/mol. The Morgan fingerprint density at radius 3 is 1.45 bits per heavy atom. The third-order valence-corrected chi connectivity index (χ3v) is 13.2. The lowest BCUT2D eigenvalue weighted by Crippen LogP contribution is -2.09. The van der Waals surface area contributed by atoms with Crippen molar-refractivity contribution in [3.8, 4) is 39.1 Å². The molecule has 1 aliphatic rings. The molecule has 9 aromatic carbocycles. The minimum atomic E-state index is 0.574. The maximum atomic E-state index is 6.96. The minimum absolute atomic E-state index is 0.574. The van der Waals surface area contributed by atoms with E-state index in [0.29, 0.717) is 5.92 Å². The van der Waals surface area contributed by atoms with E-state index in [1.54, 1.807) is 0 Å². The summed E-state index contributed by atoms with van der Waals surface area (Å²) in [5.41, 5.74) is 17.3. The van der Waals surface area contributed by atoms with Crippen LogP contribution in [0.25, 0.3) is 82.8 Å². The van der Waals surface area contributed by atoms with E-state index in [2.05, 4.69) is 222 Å². The van der Waals surface area contributed by atoms with Crippen molar-refractivity contribution in [3.63, 3.8) is 0 Å². The first-order chi connectivity index (χ1) is 30.7. The van der Waals surface area contributed by atoms with Crippen molar-refractivity contribution in [3.05, 3.63) is 218 Å². The molecule has 1 aliphatic carbocycles. The maximum absolute atomic E-state index is 6.96. The molecule has 3 nitrogen and oxygen atoms in total. The number of hydrogen-bond acceptors (Lipinski definition) is 2. The van der Waals surface area contributed by atoms with E-state index in [0.717, 1.165) is 33.9 Å². The Morgan fingerprint density at radius 2 is 0.839 bits per heavy atom. The Balaban J connectivity index is 0.932. The molecule has 2 aromatic heterocycles. The predicted molar refractivity (Wildman–Crippen MR) is 260 cm³/mol. The highest BCUT2D eigenvalue weighted by atomic mass is 16.3. The van der Waals surface area contributed by atoms with E-state index in [-0.39, 0.29) is 0 Å².